The van der Waals surface area contributed by atoms with Gasteiger partial charge in [0, 0.05) is 24.1 Å². The monoisotopic (exact) mass is 331 g/mol. The molecule has 2 N–H and O–H groups in total. The summed E-state index contributed by atoms with van der Waals surface area (Å²) in [6.07, 6.45) is 2.25. The minimum absolute atomic E-state index is 0.123. The van der Waals surface area contributed by atoms with E-state index in [9.17, 15) is 4.79 Å². The second kappa shape index (κ2) is 7.57. The van der Waals surface area contributed by atoms with Crippen molar-refractivity contribution in [1.29, 1.82) is 0 Å². The molecule has 1 aliphatic rings. The molecule has 3 rings (SSSR count). The lowest BCUT2D eigenvalue weighted by Crippen LogP contribution is -2.40. The number of ether oxygens (including phenoxy) is 1. The van der Waals surface area contributed by atoms with E-state index in [0.29, 0.717) is 6.54 Å². The van der Waals surface area contributed by atoms with E-state index in [1.165, 1.54) is 0 Å². The van der Waals surface area contributed by atoms with E-state index < -0.39 is 0 Å². The molecule has 2 amide bonds. The molecule has 0 bridgehead atoms. The van der Waals surface area contributed by atoms with Gasteiger partial charge < -0.3 is 15.4 Å². The highest BCUT2D eigenvalue weighted by Crippen LogP contribution is 2.25. The van der Waals surface area contributed by atoms with Gasteiger partial charge in [-0.05, 0) is 19.8 Å². The Morgan fingerprint density at radius 3 is 3.00 bits per heavy atom. The van der Waals surface area contributed by atoms with Crippen molar-refractivity contribution in [1.82, 2.24) is 15.6 Å². The van der Waals surface area contributed by atoms with Crippen molar-refractivity contribution in [3.63, 3.8) is 0 Å². The lowest BCUT2D eigenvalue weighted by molar-refractivity contribution is 0.111. The van der Waals surface area contributed by atoms with Gasteiger partial charge in [0.05, 0.1) is 17.8 Å². The SMILES string of the molecule is C[C@@H](NC(=O)NC[C@H]1CCCO1)c1nc(-c2ccccc2)cs1. The summed E-state index contributed by atoms with van der Waals surface area (Å²) in [4.78, 5) is 16.6. The van der Waals surface area contributed by atoms with Crippen LogP contribution in [0.2, 0.25) is 0 Å². The minimum Gasteiger partial charge on any atom is -0.376 e. The van der Waals surface area contributed by atoms with E-state index in [1.807, 2.05) is 42.6 Å². The van der Waals surface area contributed by atoms with Gasteiger partial charge in [-0.1, -0.05) is 30.3 Å². The molecule has 2 heterocycles. The van der Waals surface area contributed by atoms with Crippen molar-refractivity contribution in [2.45, 2.75) is 31.9 Å². The van der Waals surface area contributed by atoms with E-state index >= 15 is 0 Å². The summed E-state index contributed by atoms with van der Waals surface area (Å²) in [5.41, 5.74) is 2.03. The van der Waals surface area contributed by atoms with E-state index in [1.54, 1.807) is 11.3 Å². The van der Waals surface area contributed by atoms with Gasteiger partial charge in [-0.15, -0.1) is 11.3 Å². The molecule has 0 radical (unpaired) electrons. The van der Waals surface area contributed by atoms with Crippen molar-refractivity contribution in [3.8, 4) is 11.3 Å². The maximum absolute atomic E-state index is 12.0. The Bertz CT molecular complexity index is 638. The third kappa shape index (κ3) is 4.30. The molecule has 0 aliphatic carbocycles. The highest BCUT2D eigenvalue weighted by Gasteiger charge is 2.18. The summed E-state index contributed by atoms with van der Waals surface area (Å²) < 4.78 is 5.49. The molecule has 0 saturated carbocycles. The highest BCUT2D eigenvalue weighted by molar-refractivity contribution is 7.10. The van der Waals surface area contributed by atoms with Crippen molar-refractivity contribution < 1.29 is 9.53 Å². The van der Waals surface area contributed by atoms with Crippen LogP contribution >= 0.6 is 11.3 Å². The fraction of sp³-hybridized carbons (Fsp3) is 0.412. The molecule has 23 heavy (non-hydrogen) atoms. The van der Waals surface area contributed by atoms with E-state index in [0.717, 1.165) is 35.7 Å². The molecule has 1 aromatic carbocycles. The van der Waals surface area contributed by atoms with Crippen LogP contribution in [0.4, 0.5) is 4.79 Å². The first-order valence-electron chi connectivity index (χ1n) is 7.89. The van der Waals surface area contributed by atoms with Crippen LogP contribution in [-0.4, -0.2) is 30.3 Å². The van der Waals surface area contributed by atoms with E-state index in [-0.39, 0.29) is 18.2 Å². The molecular formula is C17H21N3O2S. The highest BCUT2D eigenvalue weighted by atomic mass is 32.1. The number of hydrogen-bond acceptors (Lipinski definition) is 4. The lowest BCUT2D eigenvalue weighted by atomic mass is 10.2. The number of carbonyl (C=O) groups excluding carboxylic acids is 1. The van der Waals surface area contributed by atoms with Gasteiger partial charge in [-0.25, -0.2) is 9.78 Å². The van der Waals surface area contributed by atoms with Crippen LogP contribution < -0.4 is 10.6 Å². The lowest BCUT2D eigenvalue weighted by Gasteiger charge is -2.14. The quantitative estimate of drug-likeness (QED) is 0.883. The largest absolute Gasteiger partial charge is 0.376 e. The van der Waals surface area contributed by atoms with Gasteiger partial charge in [-0.3, -0.25) is 0 Å². The van der Waals surface area contributed by atoms with Crippen LogP contribution in [0, 0.1) is 0 Å². The second-order valence-electron chi connectivity index (χ2n) is 5.65. The third-order valence-corrected chi connectivity index (χ3v) is 4.85. The number of carbonyl (C=O) groups is 1. The van der Waals surface area contributed by atoms with Crippen LogP contribution in [0.1, 0.15) is 30.8 Å². The molecule has 1 fully saturated rings. The molecule has 1 saturated heterocycles. The molecule has 0 spiro atoms. The number of urea groups is 1. The number of aromatic nitrogens is 1. The molecule has 5 nitrogen and oxygen atoms in total. The molecule has 1 aliphatic heterocycles. The first kappa shape index (κ1) is 16.0. The van der Waals surface area contributed by atoms with E-state index in [4.69, 9.17) is 4.74 Å². The maximum atomic E-state index is 12.0. The Kier molecular flexibility index (Phi) is 5.25. The van der Waals surface area contributed by atoms with Crippen LogP contribution in [0.3, 0.4) is 0 Å². The second-order valence-corrected chi connectivity index (χ2v) is 6.54. The average molecular weight is 331 g/mol. The van der Waals surface area contributed by atoms with Crippen LogP contribution in [0.25, 0.3) is 11.3 Å². The molecule has 122 valence electrons. The summed E-state index contributed by atoms with van der Waals surface area (Å²) in [7, 11) is 0. The standard InChI is InChI=1S/C17H21N3O2S/c1-12(19-17(21)18-10-14-8-5-9-22-14)16-20-15(11-23-16)13-6-3-2-4-7-13/h2-4,6-7,11-12,14H,5,8-10H2,1H3,(H2,18,19,21)/t12-,14-/m1/s1. The van der Waals surface area contributed by atoms with Crippen molar-refractivity contribution >= 4 is 17.4 Å². The first-order chi connectivity index (χ1) is 11.2. The summed E-state index contributed by atoms with van der Waals surface area (Å²) in [5.74, 6) is 0. The predicted molar refractivity (Wildman–Crippen MR) is 91.5 cm³/mol. The Labute approximate surface area is 140 Å². The first-order valence-corrected chi connectivity index (χ1v) is 8.77. The molecular weight excluding hydrogens is 310 g/mol. The van der Waals surface area contributed by atoms with Crippen molar-refractivity contribution in [2.75, 3.05) is 13.2 Å². The Balaban J connectivity index is 1.52. The van der Waals surface area contributed by atoms with Gasteiger partial charge in [0.2, 0.25) is 0 Å². The number of amides is 2. The van der Waals surface area contributed by atoms with Crippen molar-refractivity contribution in [3.05, 3.63) is 40.7 Å². The molecule has 2 atom stereocenters. The zero-order chi connectivity index (χ0) is 16.1. The zero-order valence-electron chi connectivity index (χ0n) is 13.1. The number of benzene rings is 1. The number of hydrogen-bond donors (Lipinski definition) is 2. The number of nitrogens with one attached hydrogen (secondary N) is 2. The molecule has 2 aromatic rings. The van der Waals surface area contributed by atoms with E-state index in [2.05, 4.69) is 15.6 Å². The molecule has 1 aromatic heterocycles. The van der Waals surface area contributed by atoms with Crippen LogP contribution in [0.15, 0.2) is 35.7 Å². The summed E-state index contributed by atoms with van der Waals surface area (Å²) in [6, 6.07) is 9.74. The van der Waals surface area contributed by atoms with Gasteiger partial charge in [0.1, 0.15) is 5.01 Å². The number of thiazole rings is 1. The zero-order valence-corrected chi connectivity index (χ0v) is 13.9. The fourth-order valence-corrected chi connectivity index (χ4v) is 3.38. The Hall–Kier alpha value is -1.92. The number of nitrogens with zero attached hydrogens (tertiary/aromatic N) is 1. The molecule has 6 heteroatoms. The number of rotatable bonds is 5. The van der Waals surface area contributed by atoms with Gasteiger partial charge in [0.25, 0.3) is 0 Å². The molecule has 0 unspecified atom stereocenters. The van der Waals surface area contributed by atoms with Crippen molar-refractivity contribution in [2.24, 2.45) is 0 Å². The topological polar surface area (TPSA) is 63.2 Å². The van der Waals surface area contributed by atoms with Gasteiger partial charge in [-0.2, -0.15) is 0 Å². The maximum Gasteiger partial charge on any atom is 0.315 e. The van der Waals surface area contributed by atoms with Gasteiger partial charge >= 0.3 is 6.03 Å². The Morgan fingerprint density at radius 1 is 1.43 bits per heavy atom. The summed E-state index contributed by atoms with van der Waals surface area (Å²) in [6.45, 7) is 3.30. The van der Waals surface area contributed by atoms with Crippen LogP contribution in [0.5, 0.6) is 0 Å². The minimum atomic E-state index is -0.176. The van der Waals surface area contributed by atoms with Crippen LogP contribution in [-0.2, 0) is 4.74 Å². The Morgan fingerprint density at radius 2 is 2.26 bits per heavy atom. The van der Waals surface area contributed by atoms with Gasteiger partial charge in [0.15, 0.2) is 0 Å². The average Bonchev–Trinajstić information content (AvgIpc) is 3.25. The predicted octanol–water partition coefficient (Wildman–Crippen LogP) is 3.35. The smallest absolute Gasteiger partial charge is 0.315 e. The normalized spacial score (nSPS) is 18.6. The summed E-state index contributed by atoms with van der Waals surface area (Å²) in [5, 5.41) is 8.71. The third-order valence-electron chi connectivity index (χ3n) is 3.82. The fourth-order valence-electron chi connectivity index (χ4n) is 2.55. The summed E-state index contributed by atoms with van der Waals surface area (Å²) >= 11 is 1.56.